The number of hydrogen-bond donors (Lipinski definition) is 1. The number of carbonyl (C=O) groups excluding carboxylic acids is 1. The van der Waals surface area contributed by atoms with E-state index in [2.05, 4.69) is 30.1 Å². The number of hydrogen-bond acceptors (Lipinski definition) is 2. The Morgan fingerprint density at radius 1 is 1.22 bits per heavy atom. The van der Waals surface area contributed by atoms with E-state index in [1.54, 1.807) is 0 Å². The predicted molar refractivity (Wildman–Crippen MR) is 74.8 cm³/mol. The van der Waals surface area contributed by atoms with E-state index in [1.807, 2.05) is 32.0 Å². The van der Waals surface area contributed by atoms with Crippen LogP contribution in [0.5, 0.6) is 0 Å². The highest BCUT2D eigenvalue weighted by Crippen LogP contribution is 2.44. The summed E-state index contributed by atoms with van der Waals surface area (Å²) in [6.45, 7) is 10.1. The molecule has 1 saturated heterocycles. The number of amides is 1. The third-order valence-corrected chi connectivity index (χ3v) is 3.80. The summed E-state index contributed by atoms with van der Waals surface area (Å²) in [4.78, 5) is 14.4. The molecule has 2 aliphatic rings. The van der Waals surface area contributed by atoms with Crippen molar-refractivity contribution in [1.82, 2.24) is 4.90 Å². The van der Waals surface area contributed by atoms with Gasteiger partial charge in [0, 0.05) is 24.8 Å². The lowest BCUT2D eigenvalue weighted by molar-refractivity contribution is -0.127. The standard InChI is InChI=1S/C13H16N2O.C2H6/c1-9(2)15-7-13(8-15)10-5-3-4-6-11(10)14-12(13)16;1-2/h3-6,9H,7-8H2,1-2H3,(H,14,16);1-2H3. The maximum absolute atomic E-state index is 12.1. The Balaban J connectivity index is 0.000000574. The Hall–Kier alpha value is -1.35. The van der Waals surface area contributed by atoms with Crippen molar-refractivity contribution in [3.8, 4) is 0 Å². The van der Waals surface area contributed by atoms with Crippen molar-refractivity contribution in [2.45, 2.75) is 39.2 Å². The summed E-state index contributed by atoms with van der Waals surface area (Å²) in [5, 5.41) is 2.98. The molecule has 0 unspecified atom stereocenters. The first-order valence-electron chi connectivity index (χ1n) is 6.78. The molecule has 0 saturated carbocycles. The molecule has 0 atom stereocenters. The fourth-order valence-corrected chi connectivity index (χ4v) is 2.70. The average molecular weight is 246 g/mol. The molecule has 3 heteroatoms. The van der Waals surface area contributed by atoms with Gasteiger partial charge >= 0.3 is 0 Å². The zero-order valence-electron chi connectivity index (χ0n) is 11.7. The molecule has 3 rings (SSSR count). The van der Waals surface area contributed by atoms with Gasteiger partial charge in [0.25, 0.3) is 0 Å². The minimum Gasteiger partial charge on any atom is -0.325 e. The van der Waals surface area contributed by atoms with Crippen LogP contribution in [0.2, 0.25) is 0 Å². The number of anilines is 1. The van der Waals surface area contributed by atoms with Crippen LogP contribution >= 0.6 is 0 Å². The number of nitrogens with zero attached hydrogens (tertiary/aromatic N) is 1. The van der Waals surface area contributed by atoms with Crippen LogP contribution in [-0.2, 0) is 10.2 Å². The molecule has 2 heterocycles. The smallest absolute Gasteiger partial charge is 0.237 e. The van der Waals surface area contributed by atoms with E-state index in [0.717, 1.165) is 18.8 Å². The Bertz CT molecular complexity index is 448. The van der Waals surface area contributed by atoms with Gasteiger partial charge in [-0.2, -0.15) is 0 Å². The Morgan fingerprint density at radius 2 is 1.83 bits per heavy atom. The lowest BCUT2D eigenvalue weighted by Gasteiger charge is -2.48. The van der Waals surface area contributed by atoms with Gasteiger partial charge in [-0.1, -0.05) is 32.0 Å². The third-order valence-electron chi connectivity index (χ3n) is 3.80. The number of nitrogens with one attached hydrogen (secondary N) is 1. The zero-order chi connectivity index (χ0) is 13.3. The normalized spacial score (nSPS) is 19.9. The highest BCUT2D eigenvalue weighted by molar-refractivity contribution is 6.07. The second-order valence-electron chi connectivity index (χ2n) is 5.08. The summed E-state index contributed by atoms with van der Waals surface area (Å²) in [5.41, 5.74) is 1.91. The maximum Gasteiger partial charge on any atom is 0.237 e. The molecule has 1 amide bonds. The topological polar surface area (TPSA) is 32.3 Å². The molecule has 18 heavy (non-hydrogen) atoms. The number of rotatable bonds is 1. The average Bonchev–Trinajstić information content (AvgIpc) is 2.61. The summed E-state index contributed by atoms with van der Waals surface area (Å²) >= 11 is 0. The summed E-state index contributed by atoms with van der Waals surface area (Å²) < 4.78 is 0. The maximum atomic E-state index is 12.1. The van der Waals surface area contributed by atoms with Gasteiger partial charge in [-0.25, -0.2) is 0 Å². The molecule has 1 spiro atoms. The van der Waals surface area contributed by atoms with E-state index in [9.17, 15) is 4.79 Å². The van der Waals surface area contributed by atoms with Gasteiger partial charge in [-0.05, 0) is 25.5 Å². The Kier molecular flexibility index (Phi) is 3.44. The van der Waals surface area contributed by atoms with Crippen molar-refractivity contribution in [3.63, 3.8) is 0 Å². The monoisotopic (exact) mass is 246 g/mol. The number of benzene rings is 1. The first-order chi connectivity index (χ1) is 8.63. The number of carbonyl (C=O) groups is 1. The lowest BCUT2D eigenvalue weighted by atomic mass is 9.74. The van der Waals surface area contributed by atoms with Crippen LogP contribution in [0.3, 0.4) is 0 Å². The fraction of sp³-hybridized carbons (Fsp3) is 0.533. The van der Waals surface area contributed by atoms with Gasteiger partial charge in [0.1, 0.15) is 5.41 Å². The van der Waals surface area contributed by atoms with E-state index in [1.165, 1.54) is 5.56 Å². The predicted octanol–water partition coefficient (Wildman–Crippen LogP) is 2.63. The minimum absolute atomic E-state index is 0.172. The molecule has 3 nitrogen and oxygen atoms in total. The van der Waals surface area contributed by atoms with Crippen molar-refractivity contribution in [3.05, 3.63) is 29.8 Å². The van der Waals surface area contributed by atoms with Crippen molar-refractivity contribution >= 4 is 11.6 Å². The minimum atomic E-state index is -0.263. The van der Waals surface area contributed by atoms with Crippen LogP contribution in [0.4, 0.5) is 5.69 Å². The molecule has 1 aromatic carbocycles. The summed E-state index contributed by atoms with van der Waals surface area (Å²) in [7, 11) is 0. The quantitative estimate of drug-likeness (QED) is 0.826. The van der Waals surface area contributed by atoms with Gasteiger partial charge in [-0.15, -0.1) is 0 Å². The Morgan fingerprint density at radius 3 is 2.44 bits per heavy atom. The van der Waals surface area contributed by atoms with Crippen LogP contribution in [0.25, 0.3) is 0 Å². The van der Waals surface area contributed by atoms with Gasteiger partial charge in [0.2, 0.25) is 5.91 Å². The lowest BCUT2D eigenvalue weighted by Crippen LogP contribution is -2.64. The molecular formula is C15H22N2O. The SMILES string of the molecule is CC.CC(C)N1CC2(C1)C(=O)Nc1ccccc12. The van der Waals surface area contributed by atoms with E-state index in [4.69, 9.17) is 0 Å². The molecule has 0 aliphatic carbocycles. The molecule has 2 aliphatic heterocycles. The van der Waals surface area contributed by atoms with Gasteiger partial charge in [-0.3, -0.25) is 9.69 Å². The van der Waals surface area contributed by atoms with Crippen molar-refractivity contribution in [2.24, 2.45) is 0 Å². The fourth-order valence-electron chi connectivity index (χ4n) is 2.70. The molecule has 1 aromatic rings. The largest absolute Gasteiger partial charge is 0.325 e. The molecule has 1 fully saturated rings. The second kappa shape index (κ2) is 4.73. The summed E-state index contributed by atoms with van der Waals surface area (Å²) in [5.74, 6) is 0.172. The van der Waals surface area contributed by atoms with Gasteiger partial charge in [0.05, 0.1) is 0 Å². The summed E-state index contributed by atoms with van der Waals surface area (Å²) in [6.07, 6.45) is 0. The van der Waals surface area contributed by atoms with Crippen LogP contribution in [0.15, 0.2) is 24.3 Å². The summed E-state index contributed by atoms with van der Waals surface area (Å²) in [6, 6.07) is 8.56. The molecule has 0 radical (unpaired) electrons. The first-order valence-corrected chi connectivity index (χ1v) is 6.78. The molecule has 0 aromatic heterocycles. The van der Waals surface area contributed by atoms with Crippen LogP contribution in [0.1, 0.15) is 33.3 Å². The van der Waals surface area contributed by atoms with E-state index in [-0.39, 0.29) is 11.3 Å². The van der Waals surface area contributed by atoms with Crippen LogP contribution in [0, 0.1) is 0 Å². The first kappa shape index (κ1) is 13.1. The van der Waals surface area contributed by atoms with Crippen molar-refractivity contribution < 1.29 is 4.79 Å². The molecular weight excluding hydrogens is 224 g/mol. The van der Waals surface area contributed by atoms with E-state index in [0.29, 0.717) is 6.04 Å². The zero-order valence-corrected chi connectivity index (χ0v) is 11.7. The van der Waals surface area contributed by atoms with Crippen molar-refractivity contribution in [1.29, 1.82) is 0 Å². The third kappa shape index (κ3) is 1.74. The van der Waals surface area contributed by atoms with Gasteiger partial charge < -0.3 is 5.32 Å². The second-order valence-corrected chi connectivity index (χ2v) is 5.08. The van der Waals surface area contributed by atoms with Gasteiger partial charge in [0.15, 0.2) is 0 Å². The Labute approximate surface area is 109 Å². The van der Waals surface area contributed by atoms with Crippen LogP contribution in [-0.4, -0.2) is 29.9 Å². The molecule has 1 N–H and O–H groups in total. The molecule has 0 bridgehead atoms. The highest BCUT2D eigenvalue weighted by Gasteiger charge is 2.55. The molecule has 98 valence electrons. The number of likely N-dealkylation sites (tertiary alicyclic amines) is 1. The van der Waals surface area contributed by atoms with E-state index >= 15 is 0 Å². The van der Waals surface area contributed by atoms with Crippen LogP contribution < -0.4 is 5.32 Å². The van der Waals surface area contributed by atoms with E-state index < -0.39 is 0 Å². The van der Waals surface area contributed by atoms with Crippen molar-refractivity contribution in [2.75, 3.05) is 18.4 Å². The number of fused-ring (bicyclic) bond motifs is 2. The highest BCUT2D eigenvalue weighted by atomic mass is 16.2. The number of para-hydroxylation sites is 1.